The fourth-order valence-corrected chi connectivity index (χ4v) is 15.1. The Kier molecular flexibility index (Phi) is 13.9. The molecule has 9 nitrogen and oxygen atoms in total. The van der Waals surface area contributed by atoms with Gasteiger partial charge in [-0.25, -0.2) is 19.9 Å². The lowest BCUT2D eigenvalue weighted by molar-refractivity contribution is 0.671. The van der Waals surface area contributed by atoms with Crippen LogP contribution in [0.4, 0.5) is 0 Å². The first-order chi connectivity index (χ1) is 41.1. The highest BCUT2D eigenvalue weighted by Gasteiger charge is 2.29. The molecular formula is C76H80N8O. The summed E-state index contributed by atoms with van der Waals surface area (Å²) in [5, 5.41) is 2.08. The molecule has 4 aliphatic rings. The summed E-state index contributed by atoms with van der Waals surface area (Å²) in [6, 6.07) is 27.1. The van der Waals surface area contributed by atoms with Crippen LogP contribution in [-0.4, -0.2) is 39.9 Å². The van der Waals surface area contributed by atoms with Gasteiger partial charge >= 0.3 is 0 Å². The molecule has 0 amide bonds. The molecule has 7 aromatic heterocycles. The Morgan fingerprint density at radius 3 is 1.00 bits per heavy atom. The van der Waals surface area contributed by atoms with Gasteiger partial charge in [0.25, 0.3) is 0 Å². The van der Waals surface area contributed by atoms with Crippen LogP contribution in [0.15, 0.2) is 77.2 Å². The van der Waals surface area contributed by atoms with Crippen molar-refractivity contribution in [2.75, 3.05) is 0 Å². The van der Waals surface area contributed by atoms with Crippen LogP contribution < -0.4 is 0 Å². The van der Waals surface area contributed by atoms with Gasteiger partial charge in [0.2, 0.25) is 0 Å². The highest BCUT2D eigenvalue weighted by molar-refractivity contribution is 6.17. The second-order valence-corrected chi connectivity index (χ2v) is 23.9. The van der Waals surface area contributed by atoms with E-state index in [0.717, 1.165) is 185 Å². The maximum absolute atomic E-state index is 7.74. The largest absolute Gasteiger partial charge is 0.455 e. The molecule has 9 aromatic rings. The number of nitrogens with one attached hydrogen (secondary N) is 4. The monoisotopic (exact) mass is 1120 g/mol. The molecule has 0 atom stereocenters. The van der Waals surface area contributed by atoms with Crippen molar-refractivity contribution < 1.29 is 4.42 Å². The highest BCUT2D eigenvalue weighted by atomic mass is 16.3. The van der Waals surface area contributed by atoms with Crippen LogP contribution >= 0.6 is 0 Å². The maximum atomic E-state index is 7.74. The van der Waals surface area contributed by atoms with Crippen LogP contribution in [0.1, 0.15) is 199 Å². The molecular weight excluding hydrogens is 1040 g/mol. The van der Waals surface area contributed by atoms with Crippen LogP contribution in [0.5, 0.6) is 0 Å². The summed E-state index contributed by atoms with van der Waals surface area (Å²) in [4.78, 5) is 38.3. The third-order valence-corrected chi connectivity index (χ3v) is 19.8. The first kappa shape index (κ1) is 55.6. The average Bonchev–Trinajstić information content (AvgIpc) is 1.79. The Hall–Kier alpha value is -8.56. The molecule has 16 bridgehead atoms. The standard InChI is InChI=1S/C76H80N8O/c1-17-45-37(9)57-31-58-38(10)46(18-2)62(78-58)34-66-50(22-6)42(14)72(82-66)69(71-41(13)49(21-5)65(81-71)33-61(45)77-57)55-29-25-27-53-54-28-26-30-56(76(54)85-75(53)55)70-73-43(15)51(23-7)67(83-73)35-63-47(19-3)39(11)59(79-63)32-60-40(12)48(20-4)64(80-60)36-68-52(24-8)44(16)74(70)84-68/h25-36,77,79,82,84H,17-24H2,1-16H3. The lowest BCUT2D eigenvalue weighted by atomic mass is 9.93. The minimum absolute atomic E-state index is 0.815. The van der Waals surface area contributed by atoms with Crippen molar-refractivity contribution in [3.63, 3.8) is 0 Å². The number of aromatic amines is 4. The van der Waals surface area contributed by atoms with Gasteiger partial charge in [0.1, 0.15) is 11.2 Å². The van der Waals surface area contributed by atoms with Gasteiger partial charge in [-0.1, -0.05) is 91.8 Å². The molecule has 2 aromatic carbocycles. The second-order valence-electron chi connectivity index (χ2n) is 23.9. The van der Waals surface area contributed by atoms with Gasteiger partial charge in [-0.15, -0.1) is 0 Å². The summed E-state index contributed by atoms with van der Waals surface area (Å²) in [5.74, 6) is 0. The number of furan rings is 1. The van der Waals surface area contributed by atoms with Crippen LogP contribution in [0, 0.1) is 27.7 Å². The molecule has 0 saturated carbocycles. The Balaban J connectivity index is 1.18. The van der Waals surface area contributed by atoms with E-state index in [2.05, 4.69) is 204 Å². The number of hydrogen-bond acceptors (Lipinski definition) is 5. The van der Waals surface area contributed by atoms with Crippen LogP contribution in [0.2, 0.25) is 0 Å². The minimum atomic E-state index is 0.815. The smallest absolute Gasteiger partial charge is 0.143 e. The Morgan fingerprint density at radius 2 is 0.647 bits per heavy atom. The number of nitrogens with zero attached hydrogens (tertiary/aromatic N) is 4. The van der Waals surface area contributed by atoms with Gasteiger partial charge in [-0.3, -0.25) is 0 Å². The number of H-pyrrole nitrogens is 4. The molecule has 0 fully saturated rings. The molecule has 430 valence electrons. The van der Waals surface area contributed by atoms with Gasteiger partial charge in [-0.2, -0.15) is 0 Å². The predicted molar refractivity (Wildman–Crippen MR) is 361 cm³/mol. The van der Waals surface area contributed by atoms with Crippen LogP contribution in [0.25, 0.3) is 133 Å². The van der Waals surface area contributed by atoms with Gasteiger partial charge in [-0.05, 0) is 232 Å². The summed E-state index contributed by atoms with van der Waals surface area (Å²) >= 11 is 0. The highest BCUT2D eigenvalue weighted by Crippen LogP contribution is 2.49. The van der Waals surface area contributed by atoms with Crippen molar-refractivity contribution in [3.8, 4) is 22.3 Å². The van der Waals surface area contributed by atoms with E-state index < -0.39 is 0 Å². The number of rotatable bonds is 10. The van der Waals surface area contributed by atoms with Crippen molar-refractivity contribution in [2.45, 2.75) is 162 Å². The summed E-state index contributed by atoms with van der Waals surface area (Å²) in [7, 11) is 0. The van der Waals surface area contributed by atoms with E-state index >= 15 is 0 Å². The van der Waals surface area contributed by atoms with Crippen LogP contribution in [-0.2, 0) is 25.7 Å². The zero-order valence-corrected chi connectivity index (χ0v) is 52.8. The van der Waals surface area contributed by atoms with Gasteiger partial charge < -0.3 is 24.4 Å². The predicted octanol–water partition coefficient (Wildman–Crippen LogP) is 21.0. The summed E-state index contributed by atoms with van der Waals surface area (Å²) in [6.45, 7) is 36.1. The van der Waals surface area contributed by atoms with E-state index in [9.17, 15) is 0 Å². The number of para-hydroxylation sites is 2. The fourth-order valence-electron chi connectivity index (χ4n) is 15.1. The zero-order valence-electron chi connectivity index (χ0n) is 52.8. The molecule has 0 unspecified atom stereocenters. The van der Waals surface area contributed by atoms with E-state index in [-0.39, 0.29) is 0 Å². The number of hydrogen-bond donors (Lipinski definition) is 4. The summed E-state index contributed by atoms with van der Waals surface area (Å²) < 4.78 is 7.74. The number of allylic oxidation sites excluding steroid dienone is 8. The normalized spacial score (nSPS) is 13.8. The minimum Gasteiger partial charge on any atom is -0.455 e. The summed E-state index contributed by atoms with van der Waals surface area (Å²) in [6.07, 6.45) is 6.88. The number of benzene rings is 2. The molecule has 0 radical (unpaired) electrons. The van der Waals surface area contributed by atoms with E-state index in [0.29, 0.717) is 0 Å². The number of aromatic nitrogens is 8. The molecule has 4 N–H and O–H groups in total. The van der Waals surface area contributed by atoms with Crippen LogP contribution in [0.3, 0.4) is 0 Å². The molecule has 0 aliphatic carbocycles. The molecule has 85 heavy (non-hydrogen) atoms. The van der Waals surface area contributed by atoms with Gasteiger partial charge in [0, 0.05) is 66.1 Å². The van der Waals surface area contributed by atoms with E-state index in [1.165, 1.54) is 89.1 Å². The Morgan fingerprint density at radius 1 is 0.329 bits per heavy atom. The van der Waals surface area contributed by atoms with Crippen molar-refractivity contribution in [1.82, 2.24) is 39.9 Å². The van der Waals surface area contributed by atoms with E-state index in [4.69, 9.17) is 24.4 Å². The molecule has 11 heterocycles. The summed E-state index contributed by atoms with van der Waals surface area (Å²) in [5.41, 5.74) is 42.0. The topological polar surface area (TPSA) is 128 Å². The van der Waals surface area contributed by atoms with Crippen molar-refractivity contribution >= 4 is 111 Å². The Bertz CT molecular complexity index is 4580. The molecule has 9 heteroatoms. The first-order valence-electron chi connectivity index (χ1n) is 31.4. The lowest BCUT2D eigenvalue weighted by Gasteiger charge is -2.09. The third kappa shape index (κ3) is 8.45. The fraction of sp³-hybridized carbons (Fsp3) is 0.316. The van der Waals surface area contributed by atoms with E-state index in [1.54, 1.807) is 0 Å². The van der Waals surface area contributed by atoms with Crippen molar-refractivity contribution in [2.24, 2.45) is 0 Å². The quantitative estimate of drug-likeness (QED) is 0.108. The molecule has 0 saturated heterocycles. The zero-order chi connectivity index (χ0) is 59.6. The van der Waals surface area contributed by atoms with Crippen molar-refractivity contribution in [3.05, 3.63) is 163 Å². The second kappa shape index (κ2) is 21.2. The first-order valence-corrected chi connectivity index (χ1v) is 31.4. The van der Waals surface area contributed by atoms with Crippen molar-refractivity contribution in [1.29, 1.82) is 0 Å². The van der Waals surface area contributed by atoms with Gasteiger partial charge in [0.05, 0.1) is 56.6 Å². The average molecular weight is 1120 g/mol. The van der Waals surface area contributed by atoms with E-state index in [1.807, 2.05) is 0 Å². The SMILES string of the molecule is CCC1=C(C)c2cc3[nH]c(cc4nc(c(-c5cccc6c5oc5c(-c7c8nc(cc9[nH]c(cc%10nc(cc%11[nH]c7c(C)c%11CC)C(CC)=C%10C)c(C)c9CC)C(CC)=C8C)cccc56)c5[nH]c(cc1n2)c(CC)c5C)C(C)=C4CC)c(CC)c3C. The van der Waals surface area contributed by atoms with Gasteiger partial charge in [0.15, 0.2) is 0 Å². The third-order valence-electron chi connectivity index (χ3n) is 19.8. The number of fused-ring (bicyclic) bond motifs is 19. The molecule has 13 rings (SSSR count). The molecule has 0 spiro atoms. The molecule has 4 aliphatic heterocycles. The number of aryl methyl sites for hydroxylation is 8. The maximum Gasteiger partial charge on any atom is 0.143 e. The lowest BCUT2D eigenvalue weighted by Crippen LogP contribution is -1.90. The Labute approximate surface area is 499 Å².